The number of hydrogen-bond acceptors (Lipinski definition) is 5. The van der Waals surface area contributed by atoms with Crippen molar-refractivity contribution in [3.05, 3.63) is 94.0 Å². The first-order valence-corrected chi connectivity index (χ1v) is 11.3. The van der Waals surface area contributed by atoms with Gasteiger partial charge >= 0.3 is 6.03 Å². The van der Waals surface area contributed by atoms with Crippen molar-refractivity contribution in [2.24, 2.45) is 0 Å². The van der Waals surface area contributed by atoms with Gasteiger partial charge in [-0.05, 0) is 66.9 Å². The Morgan fingerprint density at radius 3 is 2.20 bits per heavy atom. The van der Waals surface area contributed by atoms with E-state index in [1.807, 2.05) is 12.1 Å². The molecular weight excluding hydrogens is 448 g/mol. The van der Waals surface area contributed by atoms with E-state index in [-0.39, 0.29) is 11.6 Å². The monoisotopic (exact) mass is 476 g/mol. The van der Waals surface area contributed by atoms with E-state index in [1.165, 1.54) is 24.3 Å². The minimum absolute atomic E-state index is 0.0601. The molecule has 0 spiro atoms. The van der Waals surface area contributed by atoms with Gasteiger partial charge in [0.1, 0.15) is 5.75 Å². The van der Waals surface area contributed by atoms with Gasteiger partial charge in [0.15, 0.2) is 0 Å². The molecule has 0 unspecified atom stereocenters. The van der Waals surface area contributed by atoms with Crippen LogP contribution in [0.15, 0.2) is 72.8 Å². The van der Waals surface area contributed by atoms with Crippen molar-refractivity contribution in [1.82, 2.24) is 5.32 Å². The third kappa shape index (κ3) is 7.04. The first kappa shape index (κ1) is 25.2. The summed E-state index contributed by atoms with van der Waals surface area (Å²) in [5.41, 5.74) is 2.77. The first-order chi connectivity index (χ1) is 16.9. The normalized spacial score (nSPS) is 10.3. The van der Waals surface area contributed by atoms with Crippen molar-refractivity contribution in [1.29, 1.82) is 0 Å². The number of non-ortho nitro benzene ring substituents is 1. The van der Waals surface area contributed by atoms with E-state index in [1.54, 1.807) is 48.4 Å². The highest BCUT2D eigenvalue weighted by Gasteiger charge is 2.17. The molecule has 9 nitrogen and oxygen atoms in total. The zero-order chi connectivity index (χ0) is 25.2. The number of methoxy groups -OCH3 is 1. The Bertz CT molecular complexity index is 1150. The highest BCUT2D eigenvalue weighted by atomic mass is 16.6. The molecule has 0 fully saturated rings. The zero-order valence-electron chi connectivity index (χ0n) is 19.7. The fourth-order valence-corrected chi connectivity index (χ4v) is 3.40. The average Bonchev–Trinajstić information content (AvgIpc) is 2.89. The van der Waals surface area contributed by atoms with E-state index < -0.39 is 11.0 Å². The first-order valence-electron chi connectivity index (χ1n) is 11.3. The SMILES string of the molecule is CCc1ccc(C(=O)NCCCN(C(=O)Nc2ccc([N+](=O)[O-])cc2)c2ccc(OC)cc2)cc1. The van der Waals surface area contributed by atoms with Gasteiger partial charge < -0.3 is 15.4 Å². The van der Waals surface area contributed by atoms with E-state index in [0.29, 0.717) is 42.2 Å². The van der Waals surface area contributed by atoms with Crippen LogP contribution in [0.5, 0.6) is 5.75 Å². The molecule has 9 heteroatoms. The standard InChI is InChI=1S/C26H28N4O5/c1-3-19-5-7-20(8-6-19)25(31)27-17-4-18-29(22-13-15-24(35-2)16-14-22)26(32)28-21-9-11-23(12-10-21)30(33)34/h5-16H,3-4,17-18H2,1-2H3,(H,27,31)(H,28,32). The third-order valence-corrected chi connectivity index (χ3v) is 5.43. The van der Waals surface area contributed by atoms with E-state index in [4.69, 9.17) is 4.74 Å². The summed E-state index contributed by atoms with van der Waals surface area (Å²) in [7, 11) is 1.56. The van der Waals surface area contributed by atoms with E-state index >= 15 is 0 Å². The molecule has 3 amide bonds. The number of anilines is 2. The number of ether oxygens (including phenoxy) is 1. The molecule has 3 rings (SSSR count). The maximum absolute atomic E-state index is 13.1. The molecular formula is C26H28N4O5. The number of rotatable bonds is 10. The van der Waals surface area contributed by atoms with E-state index in [0.717, 1.165) is 12.0 Å². The number of hydrogen-bond donors (Lipinski definition) is 2. The number of nitrogens with zero attached hydrogens (tertiary/aromatic N) is 2. The van der Waals surface area contributed by atoms with E-state index in [2.05, 4.69) is 17.6 Å². The Kier molecular flexibility index (Phi) is 8.77. The molecule has 0 saturated carbocycles. The van der Waals surface area contributed by atoms with Crippen LogP contribution in [0, 0.1) is 10.1 Å². The summed E-state index contributed by atoms with van der Waals surface area (Å²) in [5, 5.41) is 16.5. The Balaban J connectivity index is 1.64. The van der Waals surface area contributed by atoms with Crippen LogP contribution in [-0.4, -0.2) is 37.1 Å². The summed E-state index contributed by atoms with van der Waals surface area (Å²) < 4.78 is 5.20. The van der Waals surface area contributed by atoms with Crippen molar-refractivity contribution < 1.29 is 19.2 Å². The molecule has 3 aromatic rings. The summed E-state index contributed by atoms with van der Waals surface area (Å²) in [4.78, 5) is 37.4. The van der Waals surface area contributed by atoms with Gasteiger partial charge in [0.2, 0.25) is 0 Å². The minimum Gasteiger partial charge on any atom is -0.497 e. The van der Waals surface area contributed by atoms with Crippen LogP contribution in [0.25, 0.3) is 0 Å². The molecule has 0 aromatic heterocycles. The number of urea groups is 1. The maximum Gasteiger partial charge on any atom is 0.326 e. The van der Waals surface area contributed by atoms with Gasteiger partial charge in [-0.15, -0.1) is 0 Å². The van der Waals surface area contributed by atoms with Crippen molar-refractivity contribution >= 4 is 29.0 Å². The van der Waals surface area contributed by atoms with Gasteiger partial charge in [-0.3, -0.25) is 19.8 Å². The predicted molar refractivity (Wildman–Crippen MR) is 135 cm³/mol. The van der Waals surface area contributed by atoms with Crippen LogP contribution in [0.3, 0.4) is 0 Å². The van der Waals surface area contributed by atoms with Crippen LogP contribution >= 0.6 is 0 Å². The Hall–Kier alpha value is -4.40. The van der Waals surface area contributed by atoms with Crippen molar-refractivity contribution in [3.63, 3.8) is 0 Å². The summed E-state index contributed by atoms with van der Waals surface area (Å²) in [6, 6.07) is 19.7. The Morgan fingerprint density at radius 2 is 1.63 bits per heavy atom. The Morgan fingerprint density at radius 1 is 0.971 bits per heavy atom. The molecule has 0 atom stereocenters. The predicted octanol–water partition coefficient (Wildman–Crippen LogP) is 5.02. The molecule has 3 aromatic carbocycles. The number of amides is 3. The molecule has 0 aliphatic heterocycles. The van der Waals surface area contributed by atoms with Crippen molar-refractivity contribution in [2.75, 3.05) is 30.4 Å². The second-order valence-corrected chi connectivity index (χ2v) is 7.74. The van der Waals surface area contributed by atoms with Crippen molar-refractivity contribution in [2.45, 2.75) is 19.8 Å². The maximum atomic E-state index is 13.1. The summed E-state index contributed by atoms with van der Waals surface area (Å²) in [5.74, 6) is 0.491. The third-order valence-electron chi connectivity index (χ3n) is 5.43. The number of carbonyl (C=O) groups excluding carboxylic acids is 2. The van der Waals surface area contributed by atoms with Gasteiger partial charge in [0, 0.05) is 42.2 Å². The second-order valence-electron chi connectivity index (χ2n) is 7.74. The molecule has 0 bridgehead atoms. The summed E-state index contributed by atoms with van der Waals surface area (Å²) in [6.07, 6.45) is 1.42. The summed E-state index contributed by atoms with van der Waals surface area (Å²) >= 11 is 0. The van der Waals surface area contributed by atoms with Gasteiger partial charge in [-0.2, -0.15) is 0 Å². The lowest BCUT2D eigenvalue weighted by Gasteiger charge is -2.23. The van der Waals surface area contributed by atoms with Crippen LogP contribution in [0.1, 0.15) is 29.3 Å². The van der Waals surface area contributed by atoms with Crippen LogP contribution in [-0.2, 0) is 6.42 Å². The summed E-state index contributed by atoms with van der Waals surface area (Å²) in [6.45, 7) is 2.77. The molecule has 35 heavy (non-hydrogen) atoms. The molecule has 182 valence electrons. The lowest BCUT2D eigenvalue weighted by Crippen LogP contribution is -2.37. The lowest BCUT2D eigenvalue weighted by atomic mass is 10.1. The number of carbonyl (C=O) groups is 2. The highest BCUT2D eigenvalue weighted by molar-refractivity contribution is 6.01. The molecule has 0 heterocycles. The molecule has 2 N–H and O–H groups in total. The van der Waals surface area contributed by atoms with Gasteiger partial charge in [-0.1, -0.05) is 19.1 Å². The van der Waals surface area contributed by atoms with E-state index in [9.17, 15) is 19.7 Å². The topological polar surface area (TPSA) is 114 Å². The fourth-order valence-electron chi connectivity index (χ4n) is 3.40. The number of benzene rings is 3. The quantitative estimate of drug-likeness (QED) is 0.242. The van der Waals surface area contributed by atoms with Gasteiger partial charge in [-0.25, -0.2) is 4.79 Å². The smallest absolute Gasteiger partial charge is 0.326 e. The van der Waals surface area contributed by atoms with Crippen LogP contribution < -0.4 is 20.3 Å². The average molecular weight is 477 g/mol. The molecule has 0 radical (unpaired) electrons. The molecule has 0 saturated heterocycles. The molecule has 0 aliphatic rings. The van der Waals surface area contributed by atoms with Crippen LogP contribution in [0.4, 0.5) is 21.9 Å². The number of aryl methyl sites for hydroxylation is 1. The highest BCUT2D eigenvalue weighted by Crippen LogP contribution is 2.22. The van der Waals surface area contributed by atoms with Gasteiger partial charge in [0.05, 0.1) is 12.0 Å². The number of nitro groups is 1. The number of nitrogens with one attached hydrogen (secondary N) is 2. The van der Waals surface area contributed by atoms with Crippen LogP contribution in [0.2, 0.25) is 0 Å². The van der Waals surface area contributed by atoms with Gasteiger partial charge in [0.25, 0.3) is 11.6 Å². The zero-order valence-corrected chi connectivity index (χ0v) is 19.7. The number of nitro benzene ring substituents is 1. The molecule has 0 aliphatic carbocycles. The largest absolute Gasteiger partial charge is 0.497 e. The van der Waals surface area contributed by atoms with Crippen molar-refractivity contribution in [3.8, 4) is 5.75 Å². The second kappa shape index (κ2) is 12.2. The minimum atomic E-state index is -0.498. The lowest BCUT2D eigenvalue weighted by molar-refractivity contribution is -0.384. The fraction of sp³-hybridized carbons (Fsp3) is 0.231. The Labute approximate surface area is 203 Å².